The zero-order valence-corrected chi connectivity index (χ0v) is 13.8. The molecule has 0 bridgehead atoms. The lowest BCUT2D eigenvalue weighted by Gasteiger charge is -2.28. The Morgan fingerprint density at radius 2 is 2.00 bits per heavy atom. The Kier molecular flexibility index (Phi) is 4.57. The Bertz CT molecular complexity index is 440. The minimum Gasteiger partial charge on any atom is -0.371 e. The molecule has 106 valence electrons. The van der Waals surface area contributed by atoms with E-state index >= 15 is 0 Å². The van der Waals surface area contributed by atoms with Crippen LogP contribution in [-0.4, -0.2) is 13.1 Å². The molecule has 1 aromatic carbocycles. The van der Waals surface area contributed by atoms with Crippen molar-refractivity contribution in [2.75, 3.05) is 18.0 Å². The van der Waals surface area contributed by atoms with Crippen molar-refractivity contribution in [3.63, 3.8) is 0 Å². The van der Waals surface area contributed by atoms with Crippen molar-refractivity contribution in [1.82, 2.24) is 0 Å². The lowest BCUT2D eigenvalue weighted by atomic mass is 9.85. The quantitative estimate of drug-likeness (QED) is 0.868. The van der Waals surface area contributed by atoms with E-state index in [0.29, 0.717) is 5.41 Å². The van der Waals surface area contributed by atoms with Gasteiger partial charge >= 0.3 is 0 Å². The molecule has 19 heavy (non-hydrogen) atoms. The van der Waals surface area contributed by atoms with Gasteiger partial charge in [-0.15, -0.1) is 0 Å². The number of nitrogens with two attached hydrogens (primary N) is 1. The van der Waals surface area contributed by atoms with E-state index in [-0.39, 0.29) is 6.04 Å². The van der Waals surface area contributed by atoms with E-state index in [9.17, 15) is 0 Å². The molecule has 0 spiro atoms. The van der Waals surface area contributed by atoms with Crippen molar-refractivity contribution in [2.45, 2.75) is 46.1 Å². The molecule has 1 aromatic rings. The van der Waals surface area contributed by atoms with E-state index in [1.807, 2.05) is 0 Å². The van der Waals surface area contributed by atoms with Crippen LogP contribution in [0.15, 0.2) is 22.7 Å². The molecule has 1 saturated heterocycles. The van der Waals surface area contributed by atoms with Crippen LogP contribution in [0.4, 0.5) is 5.69 Å². The predicted octanol–water partition coefficient (Wildman–Crippen LogP) is 4.49. The first-order valence-corrected chi connectivity index (χ1v) is 7.98. The average molecular weight is 325 g/mol. The van der Waals surface area contributed by atoms with Crippen molar-refractivity contribution in [1.29, 1.82) is 0 Å². The number of hydrogen-bond donors (Lipinski definition) is 1. The van der Waals surface area contributed by atoms with Crippen molar-refractivity contribution in [3.05, 3.63) is 28.2 Å². The highest BCUT2D eigenvalue weighted by molar-refractivity contribution is 9.10. The molecule has 3 heteroatoms. The number of anilines is 1. The fourth-order valence-electron chi connectivity index (χ4n) is 2.84. The summed E-state index contributed by atoms with van der Waals surface area (Å²) in [5.41, 5.74) is 9.17. The van der Waals surface area contributed by atoms with Crippen molar-refractivity contribution >= 4 is 21.6 Å². The SMILES string of the molecule is CC(N)c1cc(Br)ccc1N1CCCC(C)(C)CC1. The highest BCUT2D eigenvalue weighted by atomic mass is 79.9. The van der Waals surface area contributed by atoms with Gasteiger partial charge in [0.2, 0.25) is 0 Å². The van der Waals surface area contributed by atoms with Gasteiger partial charge in [-0.25, -0.2) is 0 Å². The van der Waals surface area contributed by atoms with Crippen molar-refractivity contribution in [3.8, 4) is 0 Å². The Morgan fingerprint density at radius 1 is 1.26 bits per heavy atom. The number of benzene rings is 1. The molecule has 1 fully saturated rings. The molecule has 1 heterocycles. The Morgan fingerprint density at radius 3 is 2.68 bits per heavy atom. The summed E-state index contributed by atoms with van der Waals surface area (Å²) in [5, 5.41) is 0. The van der Waals surface area contributed by atoms with Gasteiger partial charge in [0.05, 0.1) is 0 Å². The lowest BCUT2D eigenvalue weighted by Crippen LogP contribution is -2.27. The molecule has 0 saturated carbocycles. The first-order chi connectivity index (χ1) is 8.89. The van der Waals surface area contributed by atoms with Crippen LogP contribution in [0.25, 0.3) is 0 Å². The summed E-state index contributed by atoms with van der Waals surface area (Å²) < 4.78 is 1.11. The molecule has 1 aliphatic rings. The summed E-state index contributed by atoms with van der Waals surface area (Å²) in [6, 6.07) is 6.57. The molecule has 0 amide bonds. The van der Waals surface area contributed by atoms with Gasteiger partial charge in [-0.1, -0.05) is 29.8 Å². The predicted molar refractivity (Wildman–Crippen MR) is 86.6 cm³/mol. The molecule has 2 nitrogen and oxygen atoms in total. The van der Waals surface area contributed by atoms with Gasteiger partial charge in [-0.05, 0) is 55.4 Å². The summed E-state index contributed by atoms with van der Waals surface area (Å²) in [6.45, 7) is 9.10. The smallest absolute Gasteiger partial charge is 0.0415 e. The molecule has 0 radical (unpaired) electrons. The molecule has 0 aliphatic carbocycles. The topological polar surface area (TPSA) is 29.3 Å². The Hall–Kier alpha value is -0.540. The highest BCUT2D eigenvalue weighted by Crippen LogP contribution is 2.34. The second-order valence-electron chi connectivity index (χ2n) is 6.50. The van der Waals surface area contributed by atoms with Gasteiger partial charge in [0.1, 0.15) is 0 Å². The first kappa shape index (κ1) is 14.9. The number of rotatable bonds is 2. The van der Waals surface area contributed by atoms with Crippen LogP contribution in [0.1, 0.15) is 51.6 Å². The fourth-order valence-corrected chi connectivity index (χ4v) is 3.22. The lowest BCUT2D eigenvalue weighted by molar-refractivity contribution is 0.325. The summed E-state index contributed by atoms with van der Waals surface area (Å²) in [7, 11) is 0. The minimum atomic E-state index is 0.0729. The van der Waals surface area contributed by atoms with Crippen molar-refractivity contribution < 1.29 is 0 Å². The molecular formula is C16H25BrN2. The molecule has 1 unspecified atom stereocenters. The first-order valence-electron chi connectivity index (χ1n) is 7.19. The van der Waals surface area contributed by atoms with Crippen LogP contribution >= 0.6 is 15.9 Å². The largest absolute Gasteiger partial charge is 0.371 e. The van der Waals surface area contributed by atoms with Crippen LogP contribution in [0, 0.1) is 5.41 Å². The second-order valence-corrected chi connectivity index (χ2v) is 7.41. The van der Waals surface area contributed by atoms with Crippen molar-refractivity contribution in [2.24, 2.45) is 11.1 Å². The van der Waals surface area contributed by atoms with E-state index in [2.05, 4.69) is 59.8 Å². The van der Waals surface area contributed by atoms with Crippen LogP contribution in [0.5, 0.6) is 0 Å². The van der Waals surface area contributed by atoms with Gasteiger partial charge in [0.15, 0.2) is 0 Å². The zero-order valence-electron chi connectivity index (χ0n) is 12.2. The third-order valence-electron chi connectivity index (χ3n) is 4.16. The van der Waals surface area contributed by atoms with E-state index in [4.69, 9.17) is 5.73 Å². The number of nitrogens with zero attached hydrogens (tertiary/aromatic N) is 1. The third kappa shape index (κ3) is 3.73. The summed E-state index contributed by atoms with van der Waals surface area (Å²) in [5.74, 6) is 0. The van der Waals surface area contributed by atoms with Gasteiger partial charge < -0.3 is 10.6 Å². The molecular weight excluding hydrogens is 300 g/mol. The second kappa shape index (κ2) is 5.84. The monoisotopic (exact) mass is 324 g/mol. The zero-order chi connectivity index (χ0) is 14.0. The van der Waals surface area contributed by atoms with Crippen LogP contribution in [0.3, 0.4) is 0 Å². The van der Waals surface area contributed by atoms with Crippen LogP contribution < -0.4 is 10.6 Å². The van der Waals surface area contributed by atoms with E-state index < -0.39 is 0 Å². The van der Waals surface area contributed by atoms with Gasteiger partial charge in [-0.3, -0.25) is 0 Å². The standard InChI is InChI=1S/C16H25BrN2/c1-12(18)14-11-13(17)5-6-15(14)19-9-4-7-16(2,3)8-10-19/h5-6,11-12H,4,7-10,18H2,1-3H3. The van der Waals surface area contributed by atoms with Gasteiger partial charge in [-0.2, -0.15) is 0 Å². The molecule has 1 atom stereocenters. The van der Waals surface area contributed by atoms with E-state index in [0.717, 1.165) is 17.6 Å². The molecule has 0 aromatic heterocycles. The Balaban J connectivity index is 2.26. The van der Waals surface area contributed by atoms with Gasteiger partial charge in [0.25, 0.3) is 0 Å². The molecule has 2 N–H and O–H groups in total. The highest BCUT2D eigenvalue weighted by Gasteiger charge is 2.24. The number of hydrogen-bond acceptors (Lipinski definition) is 2. The van der Waals surface area contributed by atoms with E-state index in [1.54, 1.807) is 0 Å². The van der Waals surface area contributed by atoms with Crippen LogP contribution in [-0.2, 0) is 0 Å². The van der Waals surface area contributed by atoms with Gasteiger partial charge in [0, 0.05) is 29.3 Å². The summed E-state index contributed by atoms with van der Waals surface area (Å²) in [6.07, 6.45) is 3.83. The average Bonchev–Trinajstić information content (AvgIpc) is 2.50. The molecule has 1 aliphatic heterocycles. The maximum Gasteiger partial charge on any atom is 0.0415 e. The molecule has 2 rings (SSSR count). The summed E-state index contributed by atoms with van der Waals surface area (Å²) >= 11 is 3.55. The van der Waals surface area contributed by atoms with E-state index in [1.165, 1.54) is 30.5 Å². The fraction of sp³-hybridized carbons (Fsp3) is 0.625. The Labute approximate surface area is 125 Å². The summed E-state index contributed by atoms with van der Waals surface area (Å²) in [4.78, 5) is 2.51. The van der Waals surface area contributed by atoms with Crippen LogP contribution in [0.2, 0.25) is 0 Å². The minimum absolute atomic E-state index is 0.0729. The third-order valence-corrected chi connectivity index (χ3v) is 4.65. The maximum atomic E-state index is 6.13. The maximum absolute atomic E-state index is 6.13. The number of halogens is 1. The normalized spacial score (nSPS) is 21.0.